The SMILES string of the molecule is CN1CCC[C@H](N)C(=O)N1CC(=O)O. The summed E-state index contributed by atoms with van der Waals surface area (Å²) >= 11 is 0. The molecule has 6 nitrogen and oxygen atoms in total. The largest absolute Gasteiger partial charge is 0.480 e. The van der Waals surface area contributed by atoms with Crippen LogP contribution in [-0.2, 0) is 9.59 Å². The van der Waals surface area contributed by atoms with E-state index in [0.717, 1.165) is 6.42 Å². The van der Waals surface area contributed by atoms with Crippen LogP contribution in [0.15, 0.2) is 0 Å². The highest BCUT2D eigenvalue weighted by Gasteiger charge is 2.28. The van der Waals surface area contributed by atoms with E-state index < -0.39 is 12.0 Å². The third-order valence-electron chi connectivity index (χ3n) is 2.27. The number of nitrogens with zero attached hydrogens (tertiary/aromatic N) is 2. The topological polar surface area (TPSA) is 86.9 Å². The molecule has 0 aromatic carbocycles. The number of hydrazine groups is 1. The van der Waals surface area contributed by atoms with E-state index in [4.69, 9.17) is 10.8 Å². The van der Waals surface area contributed by atoms with Gasteiger partial charge in [-0.2, -0.15) is 0 Å². The van der Waals surface area contributed by atoms with E-state index in [2.05, 4.69) is 0 Å². The van der Waals surface area contributed by atoms with E-state index in [1.54, 1.807) is 12.1 Å². The second-order valence-corrected chi connectivity index (χ2v) is 3.42. The van der Waals surface area contributed by atoms with Gasteiger partial charge in [-0.05, 0) is 12.8 Å². The lowest BCUT2D eigenvalue weighted by Gasteiger charge is -2.29. The molecular formula is C8H15N3O3. The van der Waals surface area contributed by atoms with Crippen molar-refractivity contribution in [2.24, 2.45) is 5.73 Å². The minimum absolute atomic E-state index is 0.313. The molecule has 0 radical (unpaired) electrons. The molecular weight excluding hydrogens is 186 g/mol. The molecule has 0 saturated carbocycles. The van der Waals surface area contributed by atoms with E-state index in [1.165, 1.54) is 5.01 Å². The van der Waals surface area contributed by atoms with Crippen molar-refractivity contribution >= 4 is 11.9 Å². The summed E-state index contributed by atoms with van der Waals surface area (Å²) in [5.41, 5.74) is 5.60. The van der Waals surface area contributed by atoms with Crippen LogP contribution in [-0.4, -0.2) is 53.2 Å². The minimum Gasteiger partial charge on any atom is -0.480 e. The number of nitrogens with two attached hydrogens (primary N) is 1. The number of carbonyl (C=O) groups excluding carboxylic acids is 1. The van der Waals surface area contributed by atoms with E-state index in [0.29, 0.717) is 13.0 Å². The summed E-state index contributed by atoms with van der Waals surface area (Å²) in [4.78, 5) is 22.1. The van der Waals surface area contributed by atoms with Gasteiger partial charge in [-0.15, -0.1) is 0 Å². The lowest BCUT2D eigenvalue weighted by atomic mass is 10.1. The van der Waals surface area contributed by atoms with Crippen molar-refractivity contribution in [2.75, 3.05) is 20.1 Å². The molecule has 1 atom stereocenters. The Balaban J connectivity index is 2.74. The van der Waals surface area contributed by atoms with Crippen LogP contribution in [0.25, 0.3) is 0 Å². The van der Waals surface area contributed by atoms with Crippen molar-refractivity contribution in [2.45, 2.75) is 18.9 Å². The van der Waals surface area contributed by atoms with Crippen LogP contribution in [0, 0.1) is 0 Å². The van der Waals surface area contributed by atoms with E-state index >= 15 is 0 Å². The molecule has 1 aliphatic heterocycles. The Morgan fingerprint density at radius 2 is 2.36 bits per heavy atom. The van der Waals surface area contributed by atoms with Crippen LogP contribution < -0.4 is 5.73 Å². The van der Waals surface area contributed by atoms with Gasteiger partial charge in [0.2, 0.25) is 0 Å². The van der Waals surface area contributed by atoms with Crippen LogP contribution >= 0.6 is 0 Å². The molecule has 1 heterocycles. The number of aliphatic carboxylic acids is 1. The van der Waals surface area contributed by atoms with Crippen molar-refractivity contribution in [3.05, 3.63) is 0 Å². The Labute approximate surface area is 82.2 Å². The Morgan fingerprint density at radius 1 is 1.71 bits per heavy atom. The van der Waals surface area contributed by atoms with E-state index in [9.17, 15) is 9.59 Å². The first-order valence-corrected chi connectivity index (χ1v) is 4.52. The van der Waals surface area contributed by atoms with Gasteiger partial charge in [-0.3, -0.25) is 14.6 Å². The summed E-state index contributed by atoms with van der Waals surface area (Å²) in [6.07, 6.45) is 1.42. The van der Waals surface area contributed by atoms with Gasteiger partial charge < -0.3 is 10.8 Å². The summed E-state index contributed by atoms with van der Waals surface area (Å²) < 4.78 is 0. The molecule has 1 rings (SSSR count). The second kappa shape index (κ2) is 4.39. The van der Waals surface area contributed by atoms with Gasteiger partial charge in [0.05, 0.1) is 6.04 Å². The van der Waals surface area contributed by atoms with E-state index in [1.807, 2.05) is 0 Å². The van der Waals surface area contributed by atoms with Crippen molar-refractivity contribution in [3.63, 3.8) is 0 Å². The lowest BCUT2D eigenvalue weighted by molar-refractivity contribution is -0.156. The first-order chi connectivity index (χ1) is 6.52. The number of rotatable bonds is 2. The molecule has 0 spiro atoms. The van der Waals surface area contributed by atoms with Crippen LogP contribution in [0.5, 0.6) is 0 Å². The Morgan fingerprint density at radius 3 is 2.93 bits per heavy atom. The molecule has 1 fully saturated rings. The number of carboxylic acids is 1. The summed E-state index contributed by atoms with van der Waals surface area (Å²) in [5, 5.41) is 11.4. The van der Waals surface area contributed by atoms with Crippen molar-refractivity contribution in [1.29, 1.82) is 0 Å². The fourth-order valence-electron chi connectivity index (χ4n) is 1.47. The zero-order valence-electron chi connectivity index (χ0n) is 8.14. The molecule has 0 bridgehead atoms. The molecule has 0 aromatic rings. The quantitative estimate of drug-likeness (QED) is 0.590. The summed E-state index contributed by atoms with van der Waals surface area (Å²) in [5.74, 6) is -1.34. The highest BCUT2D eigenvalue weighted by molar-refractivity contribution is 5.84. The van der Waals surface area contributed by atoms with Gasteiger partial charge >= 0.3 is 5.97 Å². The molecule has 1 amide bonds. The second-order valence-electron chi connectivity index (χ2n) is 3.42. The van der Waals surface area contributed by atoms with Crippen molar-refractivity contribution < 1.29 is 14.7 Å². The molecule has 0 aliphatic carbocycles. The average Bonchev–Trinajstić information content (AvgIpc) is 2.20. The summed E-state index contributed by atoms with van der Waals surface area (Å²) in [7, 11) is 1.69. The first kappa shape index (κ1) is 10.9. The van der Waals surface area contributed by atoms with Gasteiger partial charge in [0.25, 0.3) is 5.91 Å². The maximum Gasteiger partial charge on any atom is 0.324 e. The summed E-state index contributed by atoms with van der Waals surface area (Å²) in [6, 6.07) is -0.570. The van der Waals surface area contributed by atoms with Crippen molar-refractivity contribution in [3.8, 4) is 0 Å². The lowest BCUT2D eigenvalue weighted by Crippen LogP contribution is -2.50. The summed E-state index contributed by atoms with van der Waals surface area (Å²) in [6.45, 7) is 0.343. The highest BCUT2D eigenvalue weighted by Crippen LogP contribution is 2.09. The minimum atomic E-state index is -1.03. The average molecular weight is 201 g/mol. The zero-order valence-corrected chi connectivity index (χ0v) is 8.14. The predicted octanol–water partition coefficient (Wildman–Crippen LogP) is -1.13. The van der Waals surface area contributed by atoms with Gasteiger partial charge in [0.1, 0.15) is 6.54 Å². The van der Waals surface area contributed by atoms with Gasteiger partial charge in [0, 0.05) is 13.6 Å². The Hall–Kier alpha value is -1.14. The monoisotopic (exact) mass is 201 g/mol. The zero-order chi connectivity index (χ0) is 10.7. The highest BCUT2D eigenvalue weighted by atomic mass is 16.4. The molecule has 3 N–H and O–H groups in total. The normalized spacial score (nSPS) is 24.9. The fourth-order valence-corrected chi connectivity index (χ4v) is 1.47. The van der Waals surface area contributed by atoms with Gasteiger partial charge in [-0.1, -0.05) is 0 Å². The predicted molar refractivity (Wildman–Crippen MR) is 49.2 cm³/mol. The number of carboxylic acid groups (broad SMARTS) is 1. The van der Waals surface area contributed by atoms with Crippen LogP contribution in [0.2, 0.25) is 0 Å². The molecule has 0 unspecified atom stereocenters. The van der Waals surface area contributed by atoms with Gasteiger partial charge in [-0.25, -0.2) is 5.01 Å². The standard InChI is InChI=1S/C8H15N3O3/c1-10-4-2-3-6(9)8(14)11(10)5-7(12)13/h6H,2-5,9H2,1H3,(H,12,13)/t6-/m0/s1. The molecule has 80 valence electrons. The Bertz CT molecular complexity index is 244. The van der Waals surface area contributed by atoms with Crippen molar-refractivity contribution in [1.82, 2.24) is 10.0 Å². The number of hydrogen-bond donors (Lipinski definition) is 2. The molecule has 6 heteroatoms. The maximum atomic E-state index is 11.6. The van der Waals surface area contributed by atoms with Gasteiger partial charge in [0.15, 0.2) is 0 Å². The third kappa shape index (κ3) is 2.43. The van der Waals surface area contributed by atoms with Crippen LogP contribution in [0.4, 0.5) is 0 Å². The van der Waals surface area contributed by atoms with E-state index in [-0.39, 0.29) is 12.5 Å². The molecule has 1 aliphatic rings. The number of hydrogen-bond acceptors (Lipinski definition) is 4. The smallest absolute Gasteiger partial charge is 0.324 e. The number of carbonyl (C=O) groups is 2. The van der Waals surface area contributed by atoms with Crippen LogP contribution in [0.3, 0.4) is 0 Å². The molecule has 1 saturated heterocycles. The number of amides is 1. The first-order valence-electron chi connectivity index (χ1n) is 4.52. The fraction of sp³-hybridized carbons (Fsp3) is 0.750. The molecule has 14 heavy (non-hydrogen) atoms. The van der Waals surface area contributed by atoms with Crippen LogP contribution in [0.1, 0.15) is 12.8 Å². The third-order valence-corrected chi connectivity index (χ3v) is 2.27. The molecule has 0 aromatic heterocycles. The Kier molecular flexibility index (Phi) is 3.43. The maximum absolute atomic E-state index is 11.6.